The van der Waals surface area contributed by atoms with Crippen LogP contribution in [0.5, 0.6) is 0 Å². The van der Waals surface area contributed by atoms with E-state index in [9.17, 15) is 8.42 Å². The average Bonchev–Trinajstić information content (AvgIpc) is 3.50. The highest BCUT2D eigenvalue weighted by atomic mass is 32.2. The fraction of sp³-hybridized carbons (Fsp3) is 0.652. The summed E-state index contributed by atoms with van der Waals surface area (Å²) in [5.74, 6) is 1.61. The summed E-state index contributed by atoms with van der Waals surface area (Å²) in [6.45, 7) is 13.1. The maximum Gasteiger partial charge on any atom is 0.243 e. The molecule has 7 nitrogen and oxygen atoms in total. The van der Waals surface area contributed by atoms with Crippen molar-refractivity contribution in [1.82, 2.24) is 23.6 Å². The zero-order valence-corrected chi connectivity index (χ0v) is 21.7. The van der Waals surface area contributed by atoms with E-state index in [0.717, 1.165) is 27.3 Å². The molecule has 2 fully saturated rings. The minimum atomic E-state index is -3.54. The van der Waals surface area contributed by atoms with E-state index in [2.05, 4.69) is 25.7 Å². The summed E-state index contributed by atoms with van der Waals surface area (Å²) in [6, 6.07) is 4.05. The minimum Gasteiger partial charge on any atom is -0.307 e. The van der Waals surface area contributed by atoms with E-state index in [1.165, 1.54) is 12.8 Å². The van der Waals surface area contributed by atoms with E-state index in [1.807, 2.05) is 42.3 Å². The van der Waals surface area contributed by atoms with E-state index in [1.54, 1.807) is 4.31 Å². The zero-order chi connectivity index (χ0) is 23.4. The van der Waals surface area contributed by atoms with Gasteiger partial charge in [0.2, 0.25) is 10.0 Å². The van der Waals surface area contributed by atoms with Crippen molar-refractivity contribution in [1.29, 1.82) is 0 Å². The number of hydrogen-bond donors (Lipinski definition) is 0. The third kappa shape index (κ3) is 4.44. The topological polar surface area (TPSA) is 63.4 Å². The average molecular weight is 478 g/mol. The maximum absolute atomic E-state index is 13.5. The number of rotatable bonds is 5. The smallest absolute Gasteiger partial charge is 0.243 e. The molecule has 1 aliphatic carbocycles. The first-order valence-electron chi connectivity index (χ1n) is 11.4. The number of piperazine rings is 1. The number of benzene rings is 1. The highest BCUT2D eigenvalue weighted by molar-refractivity contribution is 7.89. The van der Waals surface area contributed by atoms with Crippen LogP contribution in [-0.2, 0) is 29.2 Å². The SMILES string of the molecule is Cc1cc(C(C)(C)C)cc(C)c1S(=O)(=O)N1CCN(Cn2nc(C3CC3)n(C)c2=S)CC1. The van der Waals surface area contributed by atoms with E-state index < -0.39 is 10.0 Å². The van der Waals surface area contributed by atoms with E-state index in [4.69, 9.17) is 17.3 Å². The quantitative estimate of drug-likeness (QED) is 0.615. The Labute approximate surface area is 197 Å². The summed E-state index contributed by atoms with van der Waals surface area (Å²) in [5.41, 5.74) is 2.79. The van der Waals surface area contributed by atoms with Crippen LogP contribution in [0.25, 0.3) is 0 Å². The van der Waals surface area contributed by atoms with Gasteiger partial charge in [0.1, 0.15) is 5.82 Å². The van der Waals surface area contributed by atoms with Crippen molar-refractivity contribution in [3.63, 3.8) is 0 Å². The van der Waals surface area contributed by atoms with Gasteiger partial charge in [-0.05, 0) is 61.0 Å². The number of aromatic nitrogens is 3. The molecule has 1 saturated heterocycles. The van der Waals surface area contributed by atoms with Crippen LogP contribution in [0.2, 0.25) is 0 Å². The third-order valence-corrected chi connectivity index (χ3v) is 9.30. The largest absolute Gasteiger partial charge is 0.307 e. The van der Waals surface area contributed by atoms with Crippen molar-refractivity contribution < 1.29 is 8.42 Å². The van der Waals surface area contributed by atoms with Gasteiger partial charge < -0.3 is 4.57 Å². The molecule has 0 radical (unpaired) electrons. The van der Waals surface area contributed by atoms with Gasteiger partial charge in [0.25, 0.3) is 0 Å². The molecular weight excluding hydrogens is 442 g/mol. The normalized spacial score (nSPS) is 18.9. The Morgan fingerprint density at radius 3 is 2.12 bits per heavy atom. The molecule has 4 rings (SSSR count). The van der Waals surface area contributed by atoms with Crippen molar-refractivity contribution in [2.75, 3.05) is 26.2 Å². The van der Waals surface area contributed by atoms with Gasteiger partial charge >= 0.3 is 0 Å². The van der Waals surface area contributed by atoms with E-state index in [0.29, 0.717) is 43.7 Å². The first-order valence-corrected chi connectivity index (χ1v) is 13.2. The van der Waals surface area contributed by atoms with Gasteiger partial charge in [0.15, 0.2) is 4.77 Å². The molecule has 1 saturated carbocycles. The zero-order valence-electron chi connectivity index (χ0n) is 20.1. The standard InChI is InChI=1S/C23H35N5O2S2/c1-16-13-19(23(3,4)5)14-17(2)20(16)32(29,30)27-11-9-26(10-12-27)15-28-22(31)25(6)21(24-28)18-7-8-18/h13-14,18H,7-12,15H2,1-6H3. The van der Waals surface area contributed by atoms with Crippen molar-refractivity contribution in [2.24, 2.45) is 7.05 Å². The van der Waals surface area contributed by atoms with Gasteiger partial charge in [-0.1, -0.05) is 32.9 Å². The van der Waals surface area contributed by atoms with Crippen molar-refractivity contribution in [2.45, 2.75) is 70.4 Å². The second-order valence-corrected chi connectivity index (χ2v) is 12.6. The van der Waals surface area contributed by atoms with Gasteiger partial charge in [-0.3, -0.25) is 4.90 Å². The van der Waals surface area contributed by atoms with Crippen molar-refractivity contribution in [3.8, 4) is 0 Å². The molecular formula is C23H35N5O2S2. The molecule has 1 aromatic heterocycles. The van der Waals surface area contributed by atoms with Crippen LogP contribution in [0, 0.1) is 18.6 Å². The molecule has 2 aromatic rings. The molecule has 2 aliphatic rings. The second-order valence-electron chi connectivity index (χ2n) is 10.3. The highest BCUT2D eigenvalue weighted by Gasteiger charge is 2.33. The minimum absolute atomic E-state index is 0.0183. The Balaban J connectivity index is 1.47. The molecule has 1 aliphatic heterocycles. The first-order chi connectivity index (χ1) is 14.9. The summed E-state index contributed by atoms with van der Waals surface area (Å²) < 4.78 is 33.3. The fourth-order valence-electron chi connectivity index (χ4n) is 4.51. The predicted octanol–water partition coefficient (Wildman–Crippen LogP) is 3.71. The van der Waals surface area contributed by atoms with Crippen LogP contribution < -0.4 is 0 Å². The van der Waals surface area contributed by atoms with E-state index in [-0.39, 0.29) is 5.41 Å². The lowest BCUT2D eigenvalue weighted by atomic mass is 9.85. The molecule has 176 valence electrons. The van der Waals surface area contributed by atoms with Gasteiger partial charge in [0.05, 0.1) is 11.6 Å². The number of aryl methyl sites for hydroxylation is 2. The Morgan fingerprint density at radius 2 is 1.62 bits per heavy atom. The van der Waals surface area contributed by atoms with Gasteiger partial charge in [-0.2, -0.15) is 9.40 Å². The molecule has 9 heteroatoms. The summed E-state index contributed by atoms with van der Waals surface area (Å²) in [6.07, 6.45) is 2.37. The fourth-order valence-corrected chi connectivity index (χ4v) is 6.54. The Hall–Kier alpha value is -1.55. The second kappa shape index (κ2) is 8.34. The molecule has 0 bridgehead atoms. The Kier molecular flexibility index (Phi) is 6.15. The molecule has 0 unspecified atom stereocenters. The third-order valence-electron chi connectivity index (χ3n) is 6.61. The Morgan fingerprint density at radius 1 is 1.06 bits per heavy atom. The number of nitrogens with zero attached hydrogens (tertiary/aromatic N) is 5. The van der Waals surface area contributed by atoms with Crippen LogP contribution >= 0.6 is 12.2 Å². The number of sulfonamides is 1. The Bertz CT molecular complexity index is 1150. The summed E-state index contributed by atoms with van der Waals surface area (Å²) in [5, 5.41) is 4.73. The molecule has 0 N–H and O–H groups in total. The summed E-state index contributed by atoms with van der Waals surface area (Å²) >= 11 is 5.57. The lowest BCUT2D eigenvalue weighted by Crippen LogP contribution is -2.49. The monoisotopic (exact) mass is 477 g/mol. The molecule has 0 amide bonds. The lowest BCUT2D eigenvalue weighted by molar-refractivity contribution is 0.144. The van der Waals surface area contributed by atoms with Crippen LogP contribution in [0.15, 0.2) is 17.0 Å². The molecule has 0 atom stereocenters. The van der Waals surface area contributed by atoms with E-state index >= 15 is 0 Å². The highest BCUT2D eigenvalue weighted by Crippen LogP contribution is 2.38. The van der Waals surface area contributed by atoms with Gasteiger partial charge in [-0.25, -0.2) is 13.1 Å². The number of hydrogen-bond acceptors (Lipinski definition) is 5. The summed E-state index contributed by atoms with van der Waals surface area (Å²) in [7, 11) is -1.55. The van der Waals surface area contributed by atoms with Crippen molar-refractivity contribution >= 4 is 22.2 Å². The van der Waals surface area contributed by atoms with Crippen LogP contribution in [0.1, 0.15) is 62.0 Å². The van der Waals surface area contributed by atoms with Crippen LogP contribution in [0.3, 0.4) is 0 Å². The first kappa shape index (κ1) is 23.6. The van der Waals surface area contributed by atoms with Gasteiger partial charge in [0, 0.05) is 39.1 Å². The molecule has 2 heterocycles. The van der Waals surface area contributed by atoms with Gasteiger partial charge in [-0.15, -0.1) is 0 Å². The molecule has 0 spiro atoms. The van der Waals surface area contributed by atoms with Crippen LogP contribution in [0.4, 0.5) is 0 Å². The molecule has 32 heavy (non-hydrogen) atoms. The molecule has 1 aromatic carbocycles. The van der Waals surface area contributed by atoms with Crippen LogP contribution in [-0.4, -0.2) is 58.1 Å². The predicted molar refractivity (Wildman–Crippen MR) is 129 cm³/mol. The summed E-state index contributed by atoms with van der Waals surface area (Å²) in [4.78, 5) is 2.69. The van der Waals surface area contributed by atoms with Crippen molar-refractivity contribution in [3.05, 3.63) is 39.4 Å². The lowest BCUT2D eigenvalue weighted by Gasteiger charge is -2.34. The maximum atomic E-state index is 13.5.